The average Bonchev–Trinajstić information content (AvgIpc) is 3.54. The number of nitrogens with zero attached hydrogens (tertiary/aromatic N) is 6. The Hall–Kier alpha value is -3.89. The highest BCUT2D eigenvalue weighted by molar-refractivity contribution is 5.82. The van der Waals surface area contributed by atoms with Gasteiger partial charge in [0.2, 0.25) is 5.91 Å². The Morgan fingerprint density at radius 1 is 1.16 bits per heavy atom. The van der Waals surface area contributed by atoms with Crippen LogP contribution >= 0.6 is 0 Å². The van der Waals surface area contributed by atoms with Crippen LogP contribution in [-0.4, -0.2) is 74.4 Å². The second-order valence-corrected chi connectivity index (χ2v) is 10.4. The van der Waals surface area contributed by atoms with E-state index in [9.17, 15) is 9.59 Å². The molecule has 3 aromatic rings. The van der Waals surface area contributed by atoms with Crippen LogP contribution in [0.3, 0.4) is 0 Å². The van der Waals surface area contributed by atoms with Crippen molar-refractivity contribution in [3.63, 3.8) is 0 Å². The van der Waals surface area contributed by atoms with Gasteiger partial charge in [-0.25, -0.2) is 9.78 Å². The fourth-order valence-electron chi connectivity index (χ4n) is 4.91. The van der Waals surface area contributed by atoms with Crippen molar-refractivity contribution in [1.82, 2.24) is 29.8 Å². The number of benzene rings is 1. The monoisotopic (exact) mass is 507 g/mol. The number of anilines is 1. The molecule has 0 spiro atoms. The summed E-state index contributed by atoms with van der Waals surface area (Å²) in [4.78, 5) is 37.3. The molecule has 2 aliphatic rings. The van der Waals surface area contributed by atoms with Gasteiger partial charge in [-0.05, 0) is 57.7 Å². The predicted molar refractivity (Wildman–Crippen MR) is 136 cm³/mol. The number of fused-ring (bicyclic) bond motifs is 2. The van der Waals surface area contributed by atoms with Crippen LogP contribution in [0.5, 0.6) is 5.75 Å². The van der Waals surface area contributed by atoms with Crippen molar-refractivity contribution >= 4 is 23.6 Å². The number of amides is 2. The van der Waals surface area contributed by atoms with Crippen molar-refractivity contribution in [3.8, 4) is 5.75 Å². The van der Waals surface area contributed by atoms with E-state index >= 15 is 0 Å². The second kappa shape index (κ2) is 10.2. The summed E-state index contributed by atoms with van der Waals surface area (Å²) >= 11 is 0. The van der Waals surface area contributed by atoms with E-state index in [4.69, 9.17) is 9.47 Å². The number of carbonyl (C=O) groups excluding carboxylic acids is 2. The summed E-state index contributed by atoms with van der Waals surface area (Å²) in [5.41, 5.74) is 1.59. The number of rotatable bonds is 6. The van der Waals surface area contributed by atoms with E-state index in [1.165, 1.54) is 11.9 Å². The highest BCUT2D eigenvalue weighted by Gasteiger charge is 2.29. The summed E-state index contributed by atoms with van der Waals surface area (Å²) in [6, 6.07) is 8.20. The van der Waals surface area contributed by atoms with Crippen molar-refractivity contribution in [2.45, 2.75) is 58.2 Å². The third kappa shape index (κ3) is 5.60. The molecule has 11 nitrogen and oxygen atoms in total. The van der Waals surface area contributed by atoms with Gasteiger partial charge in [0, 0.05) is 31.4 Å². The first-order valence-electron chi connectivity index (χ1n) is 12.7. The third-order valence-corrected chi connectivity index (χ3v) is 6.63. The fraction of sp³-hybridized carbons (Fsp3) is 0.500. The summed E-state index contributed by atoms with van der Waals surface area (Å²) < 4.78 is 13.4. The summed E-state index contributed by atoms with van der Waals surface area (Å²) in [7, 11) is 0. The molecular formula is C26H33N7O4. The molecule has 4 heterocycles. The van der Waals surface area contributed by atoms with Gasteiger partial charge < -0.3 is 24.6 Å². The Balaban J connectivity index is 1.23. The van der Waals surface area contributed by atoms with E-state index in [1.807, 2.05) is 18.2 Å². The molecule has 1 N–H and O–H groups in total. The van der Waals surface area contributed by atoms with E-state index < -0.39 is 11.7 Å². The van der Waals surface area contributed by atoms with Crippen molar-refractivity contribution in [2.75, 3.05) is 31.1 Å². The molecule has 1 aromatic carbocycles. The number of hydrogen-bond donors (Lipinski definition) is 1. The predicted octanol–water partition coefficient (Wildman–Crippen LogP) is 2.58. The van der Waals surface area contributed by atoms with E-state index in [-0.39, 0.29) is 18.5 Å². The minimum absolute atomic E-state index is 0.104. The molecule has 1 atom stereocenters. The summed E-state index contributed by atoms with van der Waals surface area (Å²) in [6.45, 7) is 7.72. The average molecular weight is 508 g/mol. The Kier molecular flexibility index (Phi) is 6.86. The van der Waals surface area contributed by atoms with Gasteiger partial charge in [-0.1, -0.05) is 12.1 Å². The first-order valence-corrected chi connectivity index (χ1v) is 12.7. The molecule has 5 rings (SSSR count). The number of carbonyl (C=O) groups is 2. The van der Waals surface area contributed by atoms with Crippen molar-refractivity contribution in [1.29, 1.82) is 0 Å². The molecule has 1 unspecified atom stereocenters. The number of alkyl carbamates (subject to hydrolysis) is 1. The number of nitrogens with one attached hydrogen (secondary N) is 1. The first-order chi connectivity index (χ1) is 17.8. The van der Waals surface area contributed by atoms with Gasteiger partial charge in [0.25, 0.3) is 5.78 Å². The molecule has 1 saturated heterocycles. The van der Waals surface area contributed by atoms with Crippen LogP contribution in [0.4, 0.5) is 10.6 Å². The zero-order valence-electron chi connectivity index (χ0n) is 21.5. The Bertz CT molecular complexity index is 1290. The van der Waals surface area contributed by atoms with Crippen LogP contribution in [0, 0.1) is 0 Å². The summed E-state index contributed by atoms with van der Waals surface area (Å²) in [5, 5.41) is 6.89. The van der Waals surface area contributed by atoms with Crippen LogP contribution in [0.15, 0.2) is 36.8 Å². The molecule has 0 radical (unpaired) electrons. The van der Waals surface area contributed by atoms with Crippen LogP contribution in [-0.2, 0) is 22.5 Å². The van der Waals surface area contributed by atoms with Crippen LogP contribution in [0.1, 0.15) is 44.7 Å². The highest BCUT2D eigenvalue weighted by atomic mass is 16.6. The maximum absolute atomic E-state index is 12.8. The van der Waals surface area contributed by atoms with E-state index in [1.54, 1.807) is 36.4 Å². The number of aromatic nitrogens is 4. The van der Waals surface area contributed by atoms with E-state index in [0.29, 0.717) is 25.5 Å². The summed E-state index contributed by atoms with van der Waals surface area (Å²) in [5.74, 6) is 2.18. The Morgan fingerprint density at radius 2 is 2.03 bits per heavy atom. The number of hydrogen-bond acceptors (Lipinski definition) is 8. The maximum atomic E-state index is 12.8. The Morgan fingerprint density at radius 3 is 2.86 bits per heavy atom. The molecule has 0 saturated carbocycles. The first kappa shape index (κ1) is 24.8. The fourth-order valence-corrected chi connectivity index (χ4v) is 4.91. The molecule has 196 valence electrons. The largest absolute Gasteiger partial charge is 0.491 e. The van der Waals surface area contributed by atoms with E-state index in [0.717, 1.165) is 42.9 Å². The molecule has 2 aromatic heterocycles. The lowest BCUT2D eigenvalue weighted by molar-refractivity contribution is -0.131. The lowest BCUT2D eigenvalue weighted by Crippen LogP contribution is -2.43. The van der Waals surface area contributed by atoms with Gasteiger partial charge in [0.1, 0.15) is 36.6 Å². The molecule has 2 amide bonds. The third-order valence-electron chi connectivity index (χ3n) is 6.63. The molecule has 37 heavy (non-hydrogen) atoms. The standard InChI is InChI=1S/C26H33N7O4/c1-26(2,3)37-25(35)28-14-23(34)31-13-10-18-6-4-8-21(20(18)15-31)36-16-19-7-5-12-32(19)22-9-11-27-24-29-17-30-33(22)24/h4,6,8-9,11,17,19H,5,7,10,12-16H2,1-3H3,(H,28,35). The summed E-state index contributed by atoms with van der Waals surface area (Å²) in [6.07, 6.45) is 5.48. The quantitative estimate of drug-likeness (QED) is 0.542. The zero-order chi connectivity index (χ0) is 26.0. The van der Waals surface area contributed by atoms with Gasteiger partial charge in [-0.2, -0.15) is 14.6 Å². The molecule has 0 bridgehead atoms. The highest BCUT2D eigenvalue weighted by Crippen LogP contribution is 2.30. The SMILES string of the molecule is CC(C)(C)OC(=O)NCC(=O)N1CCc2cccc(OCC3CCCN3c3ccnc4ncnn34)c2C1. The zero-order valence-corrected chi connectivity index (χ0v) is 21.5. The lowest BCUT2D eigenvalue weighted by atomic mass is 9.98. The normalized spacial score (nSPS) is 17.5. The lowest BCUT2D eigenvalue weighted by Gasteiger charge is -2.31. The van der Waals surface area contributed by atoms with Gasteiger partial charge in [0.15, 0.2) is 0 Å². The molecule has 2 aliphatic heterocycles. The molecule has 0 aliphatic carbocycles. The van der Waals surface area contributed by atoms with Gasteiger partial charge in [0.05, 0.1) is 6.04 Å². The van der Waals surface area contributed by atoms with Crippen LogP contribution < -0.4 is 15.0 Å². The van der Waals surface area contributed by atoms with Gasteiger partial charge in [-0.15, -0.1) is 0 Å². The smallest absolute Gasteiger partial charge is 0.408 e. The van der Waals surface area contributed by atoms with Gasteiger partial charge in [-0.3, -0.25) is 4.79 Å². The second-order valence-electron chi connectivity index (χ2n) is 10.4. The van der Waals surface area contributed by atoms with Crippen LogP contribution in [0.25, 0.3) is 5.78 Å². The molecular weight excluding hydrogens is 474 g/mol. The van der Waals surface area contributed by atoms with Gasteiger partial charge >= 0.3 is 6.09 Å². The molecule has 1 fully saturated rings. The van der Waals surface area contributed by atoms with E-state index in [2.05, 4.69) is 31.3 Å². The Labute approximate surface area is 215 Å². The maximum Gasteiger partial charge on any atom is 0.408 e. The van der Waals surface area contributed by atoms with Crippen molar-refractivity contribution < 1.29 is 19.1 Å². The topological polar surface area (TPSA) is 114 Å². The molecule has 11 heteroatoms. The number of ether oxygens (including phenoxy) is 2. The minimum atomic E-state index is -0.614. The van der Waals surface area contributed by atoms with Crippen molar-refractivity contribution in [2.24, 2.45) is 0 Å². The van der Waals surface area contributed by atoms with Crippen molar-refractivity contribution in [3.05, 3.63) is 47.9 Å². The van der Waals surface area contributed by atoms with Crippen LogP contribution in [0.2, 0.25) is 0 Å². The minimum Gasteiger partial charge on any atom is -0.491 e.